The fourth-order valence-electron chi connectivity index (χ4n) is 2.39. The molecular weight excluding hydrogens is 362 g/mol. The Morgan fingerprint density at radius 2 is 1.81 bits per heavy atom. The van der Waals surface area contributed by atoms with Crippen molar-refractivity contribution in [2.45, 2.75) is 38.6 Å². The van der Waals surface area contributed by atoms with Crippen molar-refractivity contribution in [2.75, 3.05) is 12.4 Å². The predicted octanol–water partition coefficient (Wildman–Crippen LogP) is 3.51. The number of amides is 1. The van der Waals surface area contributed by atoms with Crippen molar-refractivity contribution in [2.24, 2.45) is 5.92 Å². The molecule has 0 unspecified atom stereocenters. The minimum Gasteiger partial charge on any atom is -0.493 e. The van der Waals surface area contributed by atoms with Gasteiger partial charge in [0.05, 0.1) is 17.3 Å². The molecule has 0 aliphatic heterocycles. The number of nitrogens with one attached hydrogen (secondary N) is 1. The van der Waals surface area contributed by atoms with Crippen LogP contribution in [-0.4, -0.2) is 26.7 Å². The zero-order valence-electron chi connectivity index (χ0n) is 16.1. The topological polar surface area (TPSA) is 72.5 Å². The Morgan fingerprint density at radius 3 is 2.48 bits per heavy atom. The van der Waals surface area contributed by atoms with Gasteiger partial charge in [-0.25, -0.2) is 8.42 Å². The van der Waals surface area contributed by atoms with E-state index in [0.29, 0.717) is 19.1 Å². The standard InChI is InChI=1S/C21H27NO4S/c1-16(2)15-26-19-6-4-5-18(13-19)14-22-21(23)11-12-27(24,25)20-9-7-17(3)8-10-20/h4-10,13,16H,11-12,14-15H2,1-3H3,(H,22,23). The van der Waals surface area contributed by atoms with Gasteiger partial charge in [0, 0.05) is 13.0 Å². The number of carbonyl (C=O) groups excluding carboxylic acids is 1. The van der Waals surface area contributed by atoms with Crippen molar-refractivity contribution in [3.63, 3.8) is 0 Å². The first-order valence-electron chi connectivity index (χ1n) is 9.04. The van der Waals surface area contributed by atoms with Gasteiger partial charge in [-0.05, 0) is 42.7 Å². The second kappa shape index (κ2) is 9.55. The number of hydrogen-bond donors (Lipinski definition) is 1. The smallest absolute Gasteiger partial charge is 0.221 e. The fourth-order valence-corrected chi connectivity index (χ4v) is 3.63. The SMILES string of the molecule is Cc1ccc(S(=O)(=O)CCC(=O)NCc2cccc(OCC(C)C)c2)cc1. The lowest BCUT2D eigenvalue weighted by molar-refractivity contribution is -0.120. The van der Waals surface area contributed by atoms with Gasteiger partial charge in [-0.1, -0.05) is 43.7 Å². The van der Waals surface area contributed by atoms with Crippen LogP contribution in [0.5, 0.6) is 5.75 Å². The molecule has 1 N–H and O–H groups in total. The molecule has 2 aromatic rings. The van der Waals surface area contributed by atoms with E-state index in [-0.39, 0.29) is 23.0 Å². The number of ether oxygens (including phenoxy) is 1. The molecule has 0 saturated carbocycles. The molecule has 6 heteroatoms. The van der Waals surface area contributed by atoms with Crippen LogP contribution in [0.15, 0.2) is 53.4 Å². The summed E-state index contributed by atoms with van der Waals surface area (Å²) in [6.07, 6.45) is -0.0697. The van der Waals surface area contributed by atoms with Crippen LogP contribution in [0.1, 0.15) is 31.4 Å². The summed E-state index contributed by atoms with van der Waals surface area (Å²) in [5.74, 6) is 0.694. The molecule has 0 aliphatic carbocycles. The summed E-state index contributed by atoms with van der Waals surface area (Å²) < 4.78 is 30.3. The fraction of sp³-hybridized carbons (Fsp3) is 0.381. The molecule has 0 atom stereocenters. The molecule has 0 fully saturated rings. The molecule has 2 rings (SSSR count). The lowest BCUT2D eigenvalue weighted by atomic mass is 10.2. The van der Waals surface area contributed by atoms with E-state index in [1.165, 1.54) is 0 Å². The third kappa shape index (κ3) is 7.06. The van der Waals surface area contributed by atoms with Crippen molar-refractivity contribution < 1.29 is 17.9 Å². The van der Waals surface area contributed by atoms with Gasteiger partial charge in [0.2, 0.25) is 5.91 Å². The maximum Gasteiger partial charge on any atom is 0.221 e. The normalized spacial score (nSPS) is 11.4. The van der Waals surface area contributed by atoms with Crippen molar-refractivity contribution in [1.82, 2.24) is 5.32 Å². The first-order chi connectivity index (χ1) is 12.8. The van der Waals surface area contributed by atoms with Gasteiger partial charge in [0.15, 0.2) is 9.84 Å². The van der Waals surface area contributed by atoms with E-state index in [1.807, 2.05) is 31.2 Å². The van der Waals surface area contributed by atoms with Crippen LogP contribution in [0.3, 0.4) is 0 Å². The number of aryl methyl sites for hydroxylation is 1. The number of carbonyl (C=O) groups is 1. The molecule has 2 aromatic carbocycles. The Bertz CT molecular complexity index is 858. The zero-order valence-corrected chi connectivity index (χ0v) is 16.9. The summed E-state index contributed by atoms with van der Waals surface area (Å²) in [7, 11) is -3.46. The monoisotopic (exact) mass is 389 g/mol. The lowest BCUT2D eigenvalue weighted by Crippen LogP contribution is -2.25. The number of benzene rings is 2. The molecule has 5 nitrogen and oxygen atoms in total. The van der Waals surface area contributed by atoms with E-state index >= 15 is 0 Å². The molecule has 27 heavy (non-hydrogen) atoms. The van der Waals surface area contributed by atoms with Gasteiger partial charge < -0.3 is 10.1 Å². The van der Waals surface area contributed by atoms with Gasteiger partial charge in [-0.3, -0.25) is 4.79 Å². The van der Waals surface area contributed by atoms with Crippen molar-refractivity contribution in [1.29, 1.82) is 0 Å². The zero-order chi connectivity index (χ0) is 19.9. The highest BCUT2D eigenvalue weighted by Gasteiger charge is 2.16. The minimum atomic E-state index is -3.46. The Balaban J connectivity index is 1.84. The van der Waals surface area contributed by atoms with E-state index in [0.717, 1.165) is 16.9 Å². The maximum absolute atomic E-state index is 12.3. The van der Waals surface area contributed by atoms with Crippen LogP contribution in [0.4, 0.5) is 0 Å². The molecule has 1 amide bonds. The largest absolute Gasteiger partial charge is 0.493 e. The maximum atomic E-state index is 12.3. The van der Waals surface area contributed by atoms with Gasteiger partial charge in [-0.15, -0.1) is 0 Å². The minimum absolute atomic E-state index is 0.0697. The van der Waals surface area contributed by atoms with Crippen molar-refractivity contribution >= 4 is 15.7 Å². The summed E-state index contributed by atoms with van der Waals surface area (Å²) in [6, 6.07) is 14.2. The van der Waals surface area contributed by atoms with Gasteiger partial charge in [0.25, 0.3) is 0 Å². The average molecular weight is 390 g/mol. The molecule has 146 valence electrons. The van der Waals surface area contributed by atoms with E-state index in [9.17, 15) is 13.2 Å². The predicted molar refractivity (Wildman–Crippen MR) is 106 cm³/mol. The Labute approximate surface area is 161 Å². The summed E-state index contributed by atoms with van der Waals surface area (Å²) >= 11 is 0. The van der Waals surface area contributed by atoms with Crippen LogP contribution < -0.4 is 10.1 Å². The number of rotatable bonds is 9. The van der Waals surface area contributed by atoms with Gasteiger partial charge >= 0.3 is 0 Å². The molecule has 0 bridgehead atoms. The van der Waals surface area contributed by atoms with E-state index in [2.05, 4.69) is 19.2 Å². The molecule has 0 aromatic heterocycles. The summed E-state index contributed by atoms with van der Waals surface area (Å²) in [5, 5.41) is 2.77. The first kappa shape index (κ1) is 21.0. The highest BCUT2D eigenvalue weighted by molar-refractivity contribution is 7.91. The molecule has 0 spiro atoms. The summed E-state index contributed by atoms with van der Waals surface area (Å²) in [5.41, 5.74) is 1.90. The quantitative estimate of drug-likeness (QED) is 0.712. The second-order valence-corrected chi connectivity index (χ2v) is 9.12. The number of sulfone groups is 1. The average Bonchev–Trinajstić information content (AvgIpc) is 2.64. The van der Waals surface area contributed by atoms with E-state index < -0.39 is 9.84 Å². The van der Waals surface area contributed by atoms with Crippen molar-refractivity contribution in [3.05, 3.63) is 59.7 Å². The van der Waals surface area contributed by atoms with E-state index in [1.54, 1.807) is 24.3 Å². The lowest BCUT2D eigenvalue weighted by Gasteiger charge is -2.11. The van der Waals surface area contributed by atoms with Gasteiger partial charge in [0.1, 0.15) is 5.75 Å². The van der Waals surface area contributed by atoms with Crippen LogP contribution in [-0.2, 0) is 21.2 Å². The van der Waals surface area contributed by atoms with Crippen LogP contribution >= 0.6 is 0 Å². The second-order valence-electron chi connectivity index (χ2n) is 7.01. The Kier molecular flexibility index (Phi) is 7.42. The Hall–Kier alpha value is -2.34. The molecule has 0 radical (unpaired) electrons. The van der Waals surface area contributed by atoms with Gasteiger partial charge in [-0.2, -0.15) is 0 Å². The van der Waals surface area contributed by atoms with Crippen molar-refractivity contribution in [3.8, 4) is 5.75 Å². The van der Waals surface area contributed by atoms with Crippen LogP contribution in [0, 0.1) is 12.8 Å². The highest BCUT2D eigenvalue weighted by atomic mass is 32.2. The van der Waals surface area contributed by atoms with Crippen LogP contribution in [0.2, 0.25) is 0 Å². The molecular formula is C21H27NO4S. The highest BCUT2D eigenvalue weighted by Crippen LogP contribution is 2.15. The summed E-state index contributed by atoms with van der Waals surface area (Å²) in [6.45, 7) is 7.02. The first-order valence-corrected chi connectivity index (χ1v) is 10.7. The Morgan fingerprint density at radius 1 is 1.11 bits per heavy atom. The summed E-state index contributed by atoms with van der Waals surface area (Å²) in [4.78, 5) is 12.3. The molecule has 0 saturated heterocycles. The molecule has 0 aliphatic rings. The third-order valence-electron chi connectivity index (χ3n) is 3.95. The molecule has 0 heterocycles. The van der Waals surface area contributed by atoms with Crippen LogP contribution in [0.25, 0.3) is 0 Å². The number of hydrogen-bond acceptors (Lipinski definition) is 4. The van der Waals surface area contributed by atoms with E-state index in [4.69, 9.17) is 4.74 Å². The third-order valence-corrected chi connectivity index (χ3v) is 5.68.